The first-order valence-electron chi connectivity index (χ1n) is 19.4. The fraction of sp³-hybridized carbons (Fsp3) is 0.192. The molecule has 10 rings (SSSR count). The lowest BCUT2D eigenvalue weighted by Gasteiger charge is -2.43. The summed E-state index contributed by atoms with van der Waals surface area (Å²) >= 11 is 0. The Morgan fingerprint density at radius 2 is 1.04 bits per heavy atom. The van der Waals surface area contributed by atoms with Crippen molar-refractivity contribution in [2.75, 3.05) is 4.90 Å². The number of rotatable bonds is 3. The predicted molar refractivity (Wildman–Crippen MR) is 229 cm³/mol. The van der Waals surface area contributed by atoms with Crippen molar-refractivity contribution >= 4 is 38.9 Å². The molecule has 0 amide bonds. The van der Waals surface area contributed by atoms with Gasteiger partial charge in [-0.05, 0) is 116 Å². The zero-order chi connectivity index (χ0) is 37.1. The van der Waals surface area contributed by atoms with Gasteiger partial charge in [-0.3, -0.25) is 0 Å². The van der Waals surface area contributed by atoms with Crippen LogP contribution in [0.15, 0.2) is 152 Å². The second-order valence-electron chi connectivity index (χ2n) is 17.5. The number of fused-ring (bicyclic) bond motifs is 8. The van der Waals surface area contributed by atoms with Gasteiger partial charge in [0.15, 0.2) is 0 Å². The number of anilines is 3. The van der Waals surface area contributed by atoms with Crippen molar-refractivity contribution in [1.29, 1.82) is 0 Å². The quantitative estimate of drug-likeness (QED) is 0.178. The molecule has 2 aliphatic rings. The van der Waals surface area contributed by atoms with Gasteiger partial charge in [0.1, 0.15) is 0 Å². The molecule has 0 fully saturated rings. The fourth-order valence-corrected chi connectivity index (χ4v) is 9.50. The Hall–Kier alpha value is -5.86. The molecule has 2 heteroatoms. The minimum Gasteiger partial charge on any atom is -0.310 e. The molecule has 1 aliphatic carbocycles. The van der Waals surface area contributed by atoms with Crippen molar-refractivity contribution in [3.05, 3.63) is 179 Å². The normalized spacial score (nSPS) is 15.2. The molecule has 264 valence electrons. The molecule has 0 bridgehead atoms. The van der Waals surface area contributed by atoms with E-state index in [9.17, 15) is 0 Å². The van der Waals surface area contributed by atoms with Gasteiger partial charge in [0.2, 0.25) is 0 Å². The highest BCUT2D eigenvalue weighted by molar-refractivity contribution is 6.10. The number of benzene rings is 7. The smallest absolute Gasteiger partial charge is 0.0541 e. The Bertz CT molecular complexity index is 2810. The largest absolute Gasteiger partial charge is 0.310 e. The zero-order valence-electron chi connectivity index (χ0n) is 32.3. The second kappa shape index (κ2) is 11.3. The highest BCUT2D eigenvalue weighted by Crippen LogP contribution is 2.56. The molecule has 8 aromatic rings. The topological polar surface area (TPSA) is 8.17 Å². The van der Waals surface area contributed by atoms with Crippen LogP contribution < -0.4 is 4.90 Å². The van der Waals surface area contributed by atoms with Crippen LogP contribution in [0.2, 0.25) is 0 Å². The van der Waals surface area contributed by atoms with Crippen LogP contribution in [0.25, 0.3) is 49.7 Å². The van der Waals surface area contributed by atoms with E-state index in [1.807, 2.05) is 0 Å². The highest BCUT2D eigenvalue weighted by Gasteiger charge is 2.40. The SMILES string of the molecule is CC(C)(C)c1ccc2c(c1)C(C)(C)c1cc(-c3ccc4c(c3)c3ccccc3n4-c3ccccc3)ccc1N2c1ccc2c(c1)C(C)(C)c1ccccc1-2. The van der Waals surface area contributed by atoms with Crippen molar-refractivity contribution in [3.63, 3.8) is 0 Å². The molecule has 0 atom stereocenters. The highest BCUT2D eigenvalue weighted by atomic mass is 15.2. The third-order valence-corrected chi connectivity index (χ3v) is 12.5. The van der Waals surface area contributed by atoms with Crippen molar-refractivity contribution in [3.8, 4) is 27.9 Å². The Labute approximate surface area is 319 Å². The van der Waals surface area contributed by atoms with Crippen LogP contribution in [-0.4, -0.2) is 4.57 Å². The van der Waals surface area contributed by atoms with Crippen molar-refractivity contribution in [1.82, 2.24) is 4.57 Å². The van der Waals surface area contributed by atoms with Crippen molar-refractivity contribution < 1.29 is 0 Å². The van der Waals surface area contributed by atoms with Crippen molar-refractivity contribution in [2.24, 2.45) is 0 Å². The lowest BCUT2D eigenvalue weighted by molar-refractivity contribution is 0.580. The summed E-state index contributed by atoms with van der Waals surface area (Å²) in [6.07, 6.45) is 0. The van der Waals surface area contributed by atoms with E-state index in [-0.39, 0.29) is 16.2 Å². The molecule has 1 aliphatic heterocycles. The first kappa shape index (κ1) is 32.8. The lowest BCUT2D eigenvalue weighted by atomic mass is 9.71. The van der Waals surface area contributed by atoms with Crippen LogP contribution in [0.3, 0.4) is 0 Å². The standard InChI is InChI=1S/C52H46N2/c1-50(2,3)35-23-28-49-45(31-35)52(6,7)44-30-34(33-21-26-47-41(29-33)40-18-12-14-20-46(40)53(47)36-15-9-8-10-16-36)22-27-48(44)54(49)37-24-25-39-38-17-11-13-19-42(38)51(4,5)43(39)32-37/h8-32H,1-7H3. The maximum absolute atomic E-state index is 2.53. The maximum Gasteiger partial charge on any atom is 0.0541 e. The van der Waals surface area contributed by atoms with Crippen LogP contribution in [0.5, 0.6) is 0 Å². The van der Waals surface area contributed by atoms with E-state index in [4.69, 9.17) is 0 Å². The van der Waals surface area contributed by atoms with Crippen LogP contribution in [0.1, 0.15) is 76.3 Å². The van der Waals surface area contributed by atoms with Crippen molar-refractivity contribution in [2.45, 2.75) is 64.7 Å². The van der Waals surface area contributed by atoms with Gasteiger partial charge < -0.3 is 9.47 Å². The van der Waals surface area contributed by atoms with E-state index < -0.39 is 0 Å². The average molecular weight is 699 g/mol. The summed E-state index contributed by atoms with van der Waals surface area (Å²) in [6.45, 7) is 16.5. The fourth-order valence-electron chi connectivity index (χ4n) is 9.50. The molecule has 2 nitrogen and oxygen atoms in total. The monoisotopic (exact) mass is 698 g/mol. The van der Waals surface area contributed by atoms with Gasteiger partial charge in [-0.15, -0.1) is 0 Å². The van der Waals surface area contributed by atoms with Gasteiger partial charge in [0.05, 0.1) is 22.4 Å². The molecule has 2 heterocycles. The molecular formula is C52H46N2. The first-order valence-corrected chi connectivity index (χ1v) is 19.4. The van der Waals surface area contributed by atoms with Gasteiger partial charge in [-0.25, -0.2) is 0 Å². The summed E-state index contributed by atoms with van der Waals surface area (Å²) in [6, 6.07) is 57.0. The first-order chi connectivity index (χ1) is 25.9. The molecule has 0 spiro atoms. The summed E-state index contributed by atoms with van der Waals surface area (Å²) in [5.74, 6) is 0. The summed E-state index contributed by atoms with van der Waals surface area (Å²) in [4.78, 5) is 2.53. The number of hydrogen-bond donors (Lipinski definition) is 0. The molecule has 0 saturated carbocycles. The molecule has 0 unspecified atom stereocenters. The van der Waals surface area contributed by atoms with Gasteiger partial charge in [-0.2, -0.15) is 0 Å². The molecule has 7 aromatic carbocycles. The summed E-state index contributed by atoms with van der Waals surface area (Å²) in [7, 11) is 0. The van der Waals surface area contributed by atoms with Crippen LogP contribution in [0, 0.1) is 0 Å². The molecule has 54 heavy (non-hydrogen) atoms. The van der Waals surface area contributed by atoms with Crippen LogP contribution >= 0.6 is 0 Å². The average Bonchev–Trinajstić information content (AvgIpc) is 3.62. The van der Waals surface area contributed by atoms with E-state index in [1.165, 1.54) is 94.6 Å². The van der Waals surface area contributed by atoms with Crippen LogP contribution in [-0.2, 0) is 16.2 Å². The van der Waals surface area contributed by atoms with Gasteiger partial charge in [0.25, 0.3) is 0 Å². The van der Waals surface area contributed by atoms with E-state index >= 15 is 0 Å². The summed E-state index contributed by atoms with van der Waals surface area (Å²) in [5, 5.41) is 2.54. The number of para-hydroxylation sites is 2. The number of hydrogen-bond acceptors (Lipinski definition) is 1. The van der Waals surface area contributed by atoms with E-state index in [0.29, 0.717) is 0 Å². The Kier molecular flexibility index (Phi) is 6.87. The minimum atomic E-state index is -0.224. The molecule has 0 N–H and O–H groups in total. The minimum absolute atomic E-state index is 0.0375. The third-order valence-electron chi connectivity index (χ3n) is 12.5. The van der Waals surface area contributed by atoms with Gasteiger partial charge in [-0.1, -0.05) is 139 Å². The maximum atomic E-state index is 2.53. The second-order valence-corrected chi connectivity index (χ2v) is 17.5. The summed E-state index contributed by atoms with van der Waals surface area (Å²) in [5.41, 5.74) is 19.1. The lowest BCUT2D eigenvalue weighted by Crippen LogP contribution is -2.31. The molecular weight excluding hydrogens is 653 g/mol. The number of nitrogens with zero attached hydrogens (tertiary/aromatic N) is 2. The zero-order valence-corrected chi connectivity index (χ0v) is 32.3. The van der Waals surface area contributed by atoms with E-state index in [2.05, 4.69) is 210 Å². The molecule has 0 radical (unpaired) electrons. The Morgan fingerprint density at radius 1 is 0.426 bits per heavy atom. The number of aromatic nitrogens is 1. The van der Waals surface area contributed by atoms with Gasteiger partial charge >= 0.3 is 0 Å². The van der Waals surface area contributed by atoms with E-state index in [0.717, 1.165) is 0 Å². The molecule has 1 aromatic heterocycles. The van der Waals surface area contributed by atoms with Crippen LogP contribution in [0.4, 0.5) is 17.1 Å². The van der Waals surface area contributed by atoms with Gasteiger partial charge in [0, 0.05) is 33.0 Å². The molecule has 0 saturated heterocycles. The predicted octanol–water partition coefficient (Wildman–Crippen LogP) is 14.2. The Morgan fingerprint density at radius 3 is 1.83 bits per heavy atom. The third kappa shape index (κ3) is 4.65. The van der Waals surface area contributed by atoms with E-state index in [1.54, 1.807) is 0 Å². The Balaban J connectivity index is 1.17. The summed E-state index contributed by atoms with van der Waals surface area (Å²) < 4.78 is 2.39.